The van der Waals surface area contributed by atoms with Crippen LogP contribution >= 0.6 is 0 Å². The highest BCUT2D eigenvalue weighted by atomic mass is 19.4. The van der Waals surface area contributed by atoms with E-state index in [1.165, 1.54) is 12.0 Å². The first kappa shape index (κ1) is 28.7. The van der Waals surface area contributed by atoms with Gasteiger partial charge in [0.05, 0.1) is 24.9 Å². The van der Waals surface area contributed by atoms with Gasteiger partial charge in [-0.05, 0) is 61.2 Å². The number of methoxy groups -OCH3 is 1. The monoisotopic (exact) mass is 494 g/mol. The Morgan fingerprint density at radius 2 is 1.68 bits per heavy atom. The van der Waals surface area contributed by atoms with Gasteiger partial charge in [-0.2, -0.15) is 13.2 Å². The molecule has 0 bridgehead atoms. The molecule has 0 aromatic rings. The summed E-state index contributed by atoms with van der Waals surface area (Å²) < 4.78 is 61.2. The summed E-state index contributed by atoms with van der Waals surface area (Å²) in [6.45, 7) is 11.4. The van der Waals surface area contributed by atoms with Gasteiger partial charge < -0.3 is 24.1 Å². The summed E-state index contributed by atoms with van der Waals surface area (Å²) in [5, 5.41) is 2.49. The van der Waals surface area contributed by atoms with Crippen molar-refractivity contribution in [3.63, 3.8) is 0 Å². The van der Waals surface area contributed by atoms with E-state index in [2.05, 4.69) is 5.32 Å². The van der Waals surface area contributed by atoms with E-state index in [9.17, 15) is 22.8 Å². The Morgan fingerprint density at radius 1 is 1.12 bits per heavy atom. The van der Waals surface area contributed by atoms with E-state index in [1.807, 2.05) is 27.7 Å². The van der Waals surface area contributed by atoms with Crippen LogP contribution in [0.5, 0.6) is 0 Å². The number of carbonyl (C=O) groups is 2. The van der Waals surface area contributed by atoms with Crippen molar-refractivity contribution >= 4 is 19.2 Å². The third-order valence-electron chi connectivity index (χ3n) is 6.57. The predicted octanol–water partition coefficient (Wildman–Crippen LogP) is 3.79. The van der Waals surface area contributed by atoms with E-state index in [4.69, 9.17) is 18.8 Å². The maximum atomic E-state index is 12.9. The van der Waals surface area contributed by atoms with E-state index >= 15 is 0 Å². The molecule has 196 valence electrons. The van der Waals surface area contributed by atoms with Crippen molar-refractivity contribution in [3.8, 4) is 0 Å². The predicted molar refractivity (Wildman–Crippen MR) is 120 cm³/mol. The largest absolute Gasteiger partial charge is 0.467 e. The number of halogens is 3. The van der Waals surface area contributed by atoms with Gasteiger partial charge in [-0.15, -0.1) is 0 Å². The van der Waals surface area contributed by atoms with E-state index in [0.29, 0.717) is 19.2 Å². The second-order valence-electron chi connectivity index (χ2n) is 11.0. The third-order valence-corrected chi connectivity index (χ3v) is 6.57. The number of esters is 1. The second-order valence-corrected chi connectivity index (χ2v) is 11.0. The second kappa shape index (κ2) is 10.2. The fourth-order valence-electron chi connectivity index (χ4n) is 4.27. The average molecular weight is 494 g/mol. The summed E-state index contributed by atoms with van der Waals surface area (Å²) in [6, 6.07) is -1.83. The molecule has 2 heterocycles. The maximum Gasteiger partial charge on any atom is 0.457 e. The molecule has 0 saturated carbocycles. The van der Waals surface area contributed by atoms with Crippen LogP contribution < -0.4 is 5.32 Å². The minimum Gasteiger partial charge on any atom is -0.467 e. The number of ether oxygens (including phenoxy) is 2. The quantitative estimate of drug-likeness (QED) is 0.426. The molecule has 34 heavy (non-hydrogen) atoms. The van der Waals surface area contributed by atoms with Crippen molar-refractivity contribution in [2.24, 2.45) is 5.92 Å². The van der Waals surface area contributed by atoms with Crippen LogP contribution in [0.3, 0.4) is 0 Å². The molecule has 0 unspecified atom stereocenters. The van der Waals surface area contributed by atoms with Crippen LogP contribution in [-0.4, -0.2) is 79.3 Å². The number of hydrogen-bond donors (Lipinski definition) is 1. The Hall–Kier alpha value is -1.53. The topological polar surface area (TPSA) is 86.3 Å². The number of nitrogens with one attached hydrogen (secondary N) is 1. The van der Waals surface area contributed by atoms with Gasteiger partial charge in [0.2, 0.25) is 0 Å². The maximum absolute atomic E-state index is 12.9. The van der Waals surface area contributed by atoms with Crippen molar-refractivity contribution in [2.75, 3.05) is 20.2 Å². The molecule has 0 aliphatic carbocycles. The summed E-state index contributed by atoms with van der Waals surface area (Å²) >= 11 is 0. The Bertz CT molecular complexity index is 725. The van der Waals surface area contributed by atoms with Gasteiger partial charge >= 0.3 is 25.4 Å². The number of amides is 1. The van der Waals surface area contributed by atoms with Crippen LogP contribution in [0.4, 0.5) is 18.0 Å². The van der Waals surface area contributed by atoms with E-state index in [-0.39, 0.29) is 6.54 Å². The summed E-state index contributed by atoms with van der Waals surface area (Å²) in [6.07, 6.45) is -3.83. The minimum absolute atomic E-state index is 0.105. The lowest BCUT2D eigenvalue weighted by Crippen LogP contribution is -2.46. The van der Waals surface area contributed by atoms with Crippen molar-refractivity contribution in [1.29, 1.82) is 0 Å². The van der Waals surface area contributed by atoms with Crippen molar-refractivity contribution in [2.45, 2.75) is 103 Å². The molecule has 3 atom stereocenters. The highest BCUT2D eigenvalue weighted by molar-refractivity contribution is 6.45. The Balaban J connectivity index is 2.18. The van der Waals surface area contributed by atoms with E-state index in [1.54, 1.807) is 20.8 Å². The van der Waals surface area contributed by atoms with E-state index in [0.717, 1.165) is 0 Å². The van der Waals surface area contributed by atoms with Gasteiger partial charge in [0, 0.05) is 18.5 Å². The van der Waals surface area contributed by atoms with Crippen LogP contribution in [0.25, 0.3) is 0 Å². The van der Waals surface area contributed by atoms with E-state index < -0.39 is 66.7 Å². The van der Waals surface area contributed by atoms with Crippen LogP contribution in [0.15, 0.2) is 0 Å². The molecule has 1 N–H and O–H groups in total. The first-order valence-electron chi connectivity index (χ1n) is 11.6. The number of nitrogens with zero attached hydrogens (tertiary/aromatic N) is 1. The van der Waals surface area contributed by atoms with Gasteiger partial charge in [0.25, 0.3) is 0 Å². The molecule has 2 fully saturated rings. The molecule has 0 radical (unpaired) electrons. The summed E-state index contributed by atoms with van der Waals surface area (Å²) in [5.74, 6) is -1.30. The lowest BCUT2D eigenvalue weighted by atomic mass is 9.79. The standard InChI is InChI=1S/C22H38BF3N2O6/c1-19(2,3)32-18(30)28-12-15(27-13-22(24,25)26)14(16(28)17(29)31-8)10-9-11-23-33-20(4,5)21(6,7)34-23/h14-16,27H,9-13H2,1-8H3/t14-,15+,16+/m1/s1. The number of likely N-dealkylation sites (tertiary alicyclic amines) is 1. The fourth-order valence-corrected chi connectivity index (χ4v) is 4.27. The zero-order valence-electron chi connectivity index (χ0n) is 21.4. The Morgan fingerprint density at radius 3 is 2.15 bits per heavy atom. The molecule has 2 rings (SSSR count). The molecule has 2 saturated heterocycles. The van der Waals surface area contributed by atoms with Gasteiger partial charge in [0.15, 0.2) is 0 Å². The van der Waals surface area contributed by atoms with Crippen LogP contribution in [-0.2, 0) is 23.6 Å². The molecule has 12 heteroatoms. The molecule has 2 aliphatic rings. The SMILES string of the molecule is COC(=O)[C@@H]1[C@H](CCCB2OC(C)(C)C(C)(C)O2)[C@@H](NCC(F)(F)F)CN1C(=O)OC(C)(C)C. The number of hydrogen-bond acceptors (Lipinski definition) is 7. The van der Waals surface area contributed by atoms with Gasteiger partial charge in [-0.3, -0.25) is 4.90 Å². The molecule has 2 aliphatic heterocycles. The fraction of sp³-hybridized carbons (Fsp3) is 0.909. The third kappa shape index (κ3) is 7.24. The summed E-state index contributed by atoms with van der Waals surface area (Å²) in [4.78, 5) is 26.7. The number of alkyl halides is 3. The van der Waals surface area contributed by atoms with Gasteiger partial charge in [-0.1, -0.05) is 6.42 Å². The molecule has 1 amide bonds. The van der Waals surface area contributed by atoms with Crippen LogP contribution in [0, 0.1) is 5.92 Å². The highest BCUT2D eigenvalue weighted by Gasteiger charge is 2.52. The van der Waals surface area contributed by atoms with Crippen molar-refractivity contribution in [1.82, 2.24) is 10.2 Å². The zero-order chi connectivity index (χ0) is 26.1. The van der Waals surface area contributed by atoms with Gasteiger partial charge in [-0.25, -0.2) is 9.59 Å². The zero-order valence-corrected chi connectivity index (χ0v) is 21.4. The van der Waals surface area contributed by atoms with Gasteiger partial charge in [0.1, 0.15) is 11.6 Å². The minimum atomic E-state index is -4.44. The van der Waals surface area contributed by atoms with Crippen LogP contribution in [0.2, 0.25) is 6.32 Å². The molecule has 0 aromatic carbocycles. The normalized spacial score (nSPS) is 26.6. The number of rotatable bonds is 7. The van der Waals surface area contributed by atoms with Crippen molar-refractivity contribution < 1.29 is 41.5 Å². The average Bonchev–Trinajstić information content (AvgIpc) is 3.11. The molecule has 8 nitrogen and oxygen atoms in total. The van der Waals surface area contributed by atoms with Crippen molar-refractivity contribution in [3.05, 3.63) is 0 Å². The summed E-state index contributed by atoms with van der Waals surface area (Å²) in [7, 11) is 0.722. The number of carbonyl (C=O) groups excluding carboxylic acids is 2. The Kier molecular flexibility index (Phi) is 8.63. The molecule has 0 aromatic heterocycles. The lowest BCUT2D eigenvalue weighted by Gasteiger charge is -2.32. The Labute approximate surface area is 200 Å². The smallest absolute Gasteiger partial charge is 0.457 e. The first-order chi connectivity index (χ1) is 15.4. The first-order valence-corrected chi connectivity index (χ1v) is 11.6. The highest BCUT2D eigenvalue weighted by Crippen LogP contribution is 2.39. The molecule has 0 spiro atoms. The molecular weight excluding hydrogens is 456 g/mol. The lowest BCUT2D eigenvalue weighted by molar-refractivity contribution is -0.147. The van der Waals surface area contributed by atoms with Crippen LogP contribution in [0.1, 0.15) is 61.3 Å². The summed E-state index contributed by atoms with van der Waals surface area (Å²) in [5.41, 5.74) is -1.82. The molecular formula is C22H38BF3N2O6.